The van der Waals surface area contributed by atoms with E-state index in [1.165, 1.54) is 0 Å². The minimum absolute atomic E-state index is 0.295. The number of aryl methyl sites for hydroxylation is 1. The van der Waals surface area contributed by atoms with Gasteiger partial charge >= 0.3 is 0 Å². The Kier molecular flexibility index (Phi) is 3.57. The third kappa shape index (κ3) is 2.52. The summed E-state index contributed by atoms with van der Waals surface area (Å²) in [6, 6.07) is 7.08. The molecule has 1 aromatic rings. The van der Waals surface area contributed by atoms with Gasteiger partial charge in [0.2, 0.25) is 11.6 Å². The Morgan fingerprint density at radius 3 is 2.21 bits per heavy atom. The lowest BCUT2D eigenvalue weighted by atomic mass is 10.0. The van der Waals surface area contributed by atoms with Crippen LogP contribution in [-0.4, -0.2) is 11.6 Å². The number of carbonyl (C=O) groups excluding carboxylic acids is 2. The SMILES string of the molecule is CCCC(=O)C(=O)c1ccc(C)cc1. The minimum atomic E-state index is -0.369. The van der Waals surface area contributed by atoms with Crippen molar-refractivity contribution in [3.63, 3.8) is 0 Å². The van der Waals surface area contributed by atoms with Crippen molar-refractivity contribution in [2.45, 2.75) is 26.7 Å². The van der Waals surface area contributed by atoms with Gasteiger partial charge in [-0.15, -0.1) is 0 Å². The summed E-state index contributed by atoms with van der Waals surface area (Å²) >= 11 is 0. The Hall–Kier alpha value is -1.44. The van der Waals surface area contributed by atoms with Crippen molar-refractivity contribution in [1.29, 1.82) is 0 Å². The van der Waals surface area contributed by atoms with Crippen LogP contribution in [-0.2, 0) is 4.79 Å². The standard InChI is InChI=1S/C12H14O2/c1-3-4-11(13)12(14)10-7-5-9(2)6-8-10/h5-8H,3-4H2,1-2H3. The first-order valence-electron chi connectivity index (χ1n) is 4.79. The zero-order chi connectivity index (χ0) is 10.6. The van der Waals surface area contributed by atoms with Crippen molar-refractivity contribution in [2.75, 3.05) is 0 Å². The Morgan fingerprint density at radius 1 is 1.14 bits per heavy atom. The number of ketones is 2. The van der Waals surface area contributed by atoms with Crippen LogP contribution in [0.25, 0.3) is 0 Å². The van der Waals surface area contributed by atoms with E-state index in [1.807, 2.05) is 26.0 Å². The Morgan fingerprint density at radius 2 is 1.71 bits per heavy atom. The average molecular weight is 190 g/mol. The average Bonchev–Trinajstić information content (AvgIpc) is 2.18. The van der Waals surface area contributed by atoms with E-state index in [0.717, 1.165) is 12.0 Å². The van der Waals surface area contributed by atoms with Gasteiger partial charge < -0.3 is 0 Å². The summed E-state index contributed by atoms with van der Waals surface area (Å²) in [5, 5.41) is 0. The van der Waals surface area contributed by atoms with Gasteiger partial charge in [-0.3, -0.25) is 9.59 Å². The molecular formula is C12H14O2. The van der Waals surface area contributed by atoms with Gasteiger partial charge in [0.25, 0.3) is 0 Å². The van der Waals surface area contributed by atoms with Gasteiger partial charge in [-0.05, 0) is 13.3 Å². The summed E-state index contributed by atoms with van der Waals surface area (Å²) in [5.41, 5.74) is 1.58. The summed E-state index contributed by atoms with van der Waals surface area (Å²) in [6.45, 7) is 3.84. The molecule has 0 fully saturated rings. The van der Waals surface area contributed by atoms with E-state index in [0.29, 0.717) is 12.0 Å². The topological polar surface area (TPSA) is 34.1 Å². The second-order valence-electron chi connectivity index (χ2n) is 3.37. The van der Waals surface area contributed by atoms with Gasteiger partial charge in [0.1, 0.15) is 0 Å². The van der Waals surface area contributed by atoms with Crippen molar-refractivity contribution >= 4 is 11.6 Å². The Balaban J connectivity index is 2.79. The van der Waals surface area contributed by atoms with E-state index in [9.17, 15) is 9.59 Å². The highest BCUT2D eigenvalue weighted by Crippen LogP contribution is 2.06. The highest BCUT2D eigenvalue weighted by molar-refractivity contribution is 6.43. The number of benzene rings is 1. The van der Waals surface area contributed by atoms with Crippen LogP contribution in [0.1, 0.15) is 35.7 Å². The molecule has 2 heteroatoms. The first-order chi connectivity index (χ1) is 6.65. The van der Waals surface area contributed by atoms with Crippen molar-refractivity contribution in [1.82, 2.24) is 0 Å². The maximum absolute atomic E-state index is 11.5. The molecule has 74 valence electrons. The van der Waals surface area contributed by atoms with Crippen molar-refractivity contribution < 1.29 is 9.59 Å². The van der Waals surface area contributed by atoms with E-state index in [2.05, 4.69) is 0 Å². The molecule has 0 atom stereocenters. The molecule has 0 spiro atoms. The molecule has 0 aliphatic carbocycles. The normalized spacial score (nSPS) is 9.86. The first-order valence-corrected chi connectivity index (χ1v) is 4.79. The van der Waals surface area contributed by atoms with Gasteiger partial charge in [0.05, 0.1) is 0 Å². The molecule has 0 bridgehead atoms. The van der Waals surface area contributed by atoms with Gasteiger partial charge in [0.15, 0.2) is 0 Å². The fourth-order valence-corrected chi connectivity index (χ4v) is 1.21. The second-order valence-corrected chi connectivity index (χ2v) is 3.37. The molecule has 1 rings (SSSR count). The summed E-state index contributed by atoms with van der Waals surface area (Å²) in [5.74, 6) is -0.664. The molecule has 0 heterocycles. The molecule has 0 aliphatic heterocycles. The number of hydrogen-bond acceptors (Lipinski definition) is 2. The molecule has 0 aromatic heterocycles. The molecular weight excluding hydrogens is 176 g/mol. The van der Waals surface area contributed by atoms with Crippen LogP contribution in [0, 0.1) is 6.92 Å². The van der Waals surface area contributed by atoms with E-state index in [-0.39, 0.29) is 11.6 Å². The second kappa shape index (κ2) is 4.70. The van der Waals surface area contributed by atoms with Crippen LogP contribution in [0.5, 0.6) is 0 Å². The van der Waals surface area contributed by atoms with Crippen LogP contribution < -0.4 is 0 Å². The molecule has 2 nitrogen and oxygen atoms in total. The zero-order valence-electron chi connectivity index (χ0n) is 8.54. The minimum Gasteiger partial charge on any atom is -0.290 e. The molecule has 0 radical (unpaired) electrons. The number of Topliss-reactive ketones (excluding diaryl/α,β-unsaturated/α-hetero) is 2. The number of hydrogen-bond donors (Lipinski definition) is 0. The fourth-order valence-electron chi connectivity index (χ4n) is 1.21. The van der Waals surface area contributed by atoms with E-state index in [4.69, 9.17) is 0 Å². The smallest absolute Gasteiger partial charge is 0.228 e. The quantitative estimate of drug-likeness (QED) is 0.540. The molecule has 0 saturated carbocycles. The summed E-state index contributed by atoms with van der Waals surface area (Å²) in [7, 11) is 0. The summed E-state index contributed by atoms with van der Waals surface area (Å²) in [4.78, 5) is 22.8. The Labute approximate surface area is 83.9 Å². The molecule has 14 heavy (non-hydrogen) atoms. The lowest BCUT2D eigenvalue weighted by Crippen LogP contribution is -2.13. The van der Waals surface area contributed by atoms with Crippen LogP contribution in [0.2, 0.25) is 0 Å². The van der Waals surface area contributed by atoms with Crippen LogP contribution in [0.3, 0.4) is 0 Å². The molecule has 0 amide bonds. The zero-order valence-corrected chi connectivity index (χ0v) is 8.54. The lowest BCUT2D eigenvalue weighted by molar-refractivity contribution is -0.115. The largest absolute Gasteiger partial charge is 0.290 e. The maximum atomic E-state index is 11.5. The summed E-state index contributed by atoms with van der Waals surface area (Å²) < 4.78 is 0. The predicted molar refractivity (Wildman–Crippen MR) is 55.4 cm³/mol. The van der Waals surface area contributed by atoms with E-state index < -0.39 is 0 Å². The summed E-state index contributed by atoms with van der Waals surface area (Å²) in [6.07, 6.45) is 1.06. The third-order valence-electron chi connectivity index (χ3n) is 2.04. The van der Waals surface area contributed by atoms with E-state index in [1.54, 1.807) is 12.1 Å². The van der Waals surface area contributed by atoms with Crippen LogP contribution in [0.4, 0.5) is 0 Å². The maximum Gasteiger partial charge on any atom is 0.228 e. The highest BCUT2D eigenvalue weighted by atomic mass is 16.2. The van der Waals surface area contributed by atoms with Crippen LogP contribution >= 0.6 is 0 Å². The van der Waals surface area contributed by atoms with Crippen molar-refractivity contribution in [3.05, 3.63) is 35.4 Å². The van der Waals surface area contributed by atoms with Gasteiger partial charge in [0, 0.05) is 12.0 Å². The van der Waals surface area contributed by atoms with E-state index >= 15 is 0 Å². The molecule has 0 N–H and O–H groups in total. The fraction of sp³-hybridized carbons (Fsp3) is 0.333. The number of rotatable bonds is 4. The van der Waals surface area contributed by atoms with Gasteiger partial charge in [-0.25, -0.2) is 0 Å². The molecule has 1 aromatic carbocycles. The first kappa shape index (κ1) is 10.6. The van der Waals surface area contributed by atoms with Crippen LogP contribution in [0.15, 0.2) is 24.3 Å². The monoisotopic (exact) mass is 190 g/mol. The third-order valence-corrected chi connectivity index (χ3v) is 2.04. The highest BCUT2D eigenvalue weighted by Gasteiger charge is 2.14. The molecule has 0 aliphatic rings. The van der Waals surface area contributed by atoms with Crippen molar-refractivity contribution in [2.24, 2.45) is 0 Å². The molecule has 0 saturated heterocycles. The van der Waals surface area contributed by atoms with Gasteiger partial charge in [-0.2, -0.15) is 0 Å². The number of carbonyl (C=O) groups is 2. The van der Waals surface area contributed by atoms with Gasteiger partial charge in [-0.1, -0.05) is 36.8 Å². The lowest BCUT2D eigenvalue weighted by Gasteiger charge is -1.99. The predicted octanol–water partition coefficient (Wildman–Crippen LogP) is 2.55. The van der Waals surface area contributed by atoms with Crippen molar-refractivity contribution in [3.8, 4) is 0 Å². The Bertz CT molecular complexity index is 336. The molecule has 0 unspecified atom stereocenters.